The molecule has 0 spiro atoms. The van der Waals surface area contributed by atoms with E-state index in [0.717, 1.165) is 0 Å². The van der Waals surface area contributed by atoms with Gasteiger partial charge in [-0.15, -0.1) is 0 Å². The summed E-state index contributed by atoms with van der Waals surface area (Å²) >= 11 is 0. The Morgan fingerprint density at radius 3 is 0.421 bits per heavy atom. The van der Waals surface area contributed by atoms with Crippen LogP contribution in [0.25, 0.3) is 0 Å². The largest absolute Gasteiger partial charge is 3.00 e. The second-order valence-electron chi connectivity index (χ2n) is 0.671. The Hall–Kier alpha value is -1.30. The van der Waals surface area contributed by atoms with E-state index in [4.69, 9.17) is 46.0 Å². The first kappa shape index (κ1) is 83.3. The van der Waals surface area contributed by atoms with Crippen LogP contribution < -0.4 is 0 Å². The number of nitrogens with zero attached hydrogens (tertiary/aromatic N) is 3. The van der Waals surface area contributed by atoms with E-state index in [1.54, 1.807) is 0 Å². The summed E-state index contributed by atoms with van der Waals surface area (Å²) in [4.78, 5) is 24.8. The Balaban J connectivity index is -0.00000000675. The molecule has 0 aliphatic heterocycles. The predicted octanol–water partition coefficient (Wildman–Crippen LogP) is -5.67. The van der Waals surface area contributed by atoms with Crippen LogP contribution >= 0.6 is 0 Å². The number of hydrogen-bond donors (Lipinski definition) is 0. The molecule has 0 saturated carbocycles. The first-order valence-corrected chi connectivity index (χ1v) is 1.64. The summed E-state index contributed by atoms with van der Waals surface area (Å²) in [5, 5.41) is 44.2. The zero-order valence-corrected chi connectivity index (χ0v) is 11.3. The first-order valence-electron chi connectivity index (χ1n) is 1.64. The third kappa shape index (κ3) is 2130. The molecule has 0 aliphatic rings. The maximum Gasteiger partial charge on any atom is 3.00 e. The van der Waals surface area contributed by atoms with E-state index in [0.29, 0.717) is 0 Å². The minimum absolute atomic E-state index is 0. The van der Waals surface area contributed by atoms with Crippen LogP contribution in [-0.4, -0.2) is 48.1 Å². The molecule has 122 valence electrons. The van der Waals surface area contributed by atoms with Gasteiger partial charge in [-0.2, -0.15) is 0 Å². The van der Waals surface area contributed by atoms with Gasteiger partial charge in [0.2, 0.25) is 0 Å². The standard InChI is InChI=1S/3NO3.6H2O.Pm/c3*2-1(3)4;;;;;;;/h;;;6*1H2;/q3*-1;;;;;;;+3. The molecule has 19 heavy (non-hydrogen) atoms. The third-order valence-corrected chi connectivity index (χ3v) is 0. The fourth-order valence-electron chi connectivity index (χ4n) is 0. The molecule has 0 aromatic carbocycles. The molecule has 0 amide bonds. The summed E-state index contributed by atoms with van der Waals surface area (Å²) in [6.45, 7) is 0. The number of rotatable bonds is 0. The maximum atomic E-state index is 8.25. The smallest absolute Gasteiger partial charge is 0.412 e. The fourth-order valence-corrected chi connectivity index (χ4v) is 0. The molecule has 12 N–H and O–H groups in total. The maximum absolute atomic E-state index is 8.25. The third-order valence-electron chi connectivity index (χ3n) is 0. The van der Waals surface area contributed by atoms with Crippen molar-refractivity contribution in [3.63, 3.8) is 0 Å². The van der Waals surface area contributed by atoms with Gasteiger partial charge in [-0.05, 0) is 0 Å². The Morgan fingerprint density at radius 2 is 0.421 bits per heavy atom. The van der Waals surface area contributed by atoms with E-state index >= 15 is 0 Å². The zero-order valence-electron chi connectivity index (χ0n) is 8.46. The van der Waals surface area contributed by atoms with Crippen molar-refractivity contribution in [3.8, 4) is 0 Å². The normalized spacial score (nSPS) is 3.79. The average Bonchev–Trinajstić information content (AvgIpc) is 1.54. The minimum Gasteiger partial charge on any atom is -0.412 e. The topological polar surface area (TPSA) is 388 Å². The first-order chi connectivity index (χ1) is 5.20. The molecular formula is H12N3O15Pm. The van der Waals surface area contributed by atoms with Gasteiger partial charge in [0, 0.05) is 0 Å². The molecule has 0 radical (unpaired) electrons. The summed E-state index contributed by atoms with van der Waals surface area (Å²) < 4.78 is 0. The molecule has 0 aliphatic carbocycles. The van der Waals surface area contributed by atoms with Gasteiger partial charge in [0.1, 0.15) is 0 Å². The summed E-state index contributed by atoms with van der Waals surface area (Å²) in [7, 11) is 0. The number of hydrogen-bond acceptors (Lipinski definition) is 9. The van der Waals surface area contributed by atoms with Crippen LogP contribution in [0.4, 0.5) is 0 Å². The van der Waals surface area contributed by atoms with Crippen LogP contribution in [0, 0.1) is 86.4 Å². The van der Waals surface area contributed by atoms with Crippen LogP contribution in [0.5, 0.6) is 0 Å². The fraction of sp³-hybridized carbons (Fsp3) is 0. The van der Waals surface area contributed by atoms with E-state index in [9.17, 15) is 0 Å². The van der Waals surface area contributed by atoms with Gasteiger partial charge in [0.15, 0.2) is 0 Å². The summed E-state index contributed by atoms with van der Waals surface area (Å²) in [5.74, 6) is 0. The van der Waals surface area contributed by atoms with Crippen LogP contribution in [0.3, 0.4) is 0 Å². The molecule has 0 saturated heterocycles. The van der Waals surface area contributed by atoms with Crippen molar-refractivity contribution in [3.05, 3.63) is 46.0 Å². The van der Waals surface area contributed by atoms with Gasteiger partial charge < -0.3 is 78.8 Å². The van der Waals surface area contributed by atoms with E-state index in [-0.39, 0.29) is 73.2 Å². The second-order valence-corrected chi connectivity index (χ2v) is 0.671. The van der Waals surface area contributed by atoms with Gasteiger partial charge in [0.25, 0.3) is 0 Å². The summed E-state index contributed by atoms with van der Waals surface area (Å²) in [5.41, 5.74) is 0. The van der Waals surface area contributed by atoms with Crippen molar-refractivity contribution in [2.45, 2.75) is 0 Å². The molecule has 0 unspecified atom stereocenters. The Labute approximate surface area is 134 Å². The SMILES string of the molecule is O.O.O.O.O.O.O=[N+]([O-])[O-].O=[N+]([O-])[O-].O=[N+]([O-])[O-].[Pm+3]. The van der Waals surface area contributed by atoms with Crippen molar-refractivity contribution in [2.24, 2.45) is 0 Å². The van der Waals surface area contributed by atoms with Crippen molar-refractivity contribution in [1.29, 1.82) is 0 Å². The zero-order chi connectivity index (χ0) is 10.7. The van der Waals surface area contributed by atoms with E-state index in [2.05, 4.69) is 0 Å². The molecule has 0 bridgehead atoms. The quantitative estimate of drug-likeness (QED) is 0.256. The molecular weight excluding hydrogens is 427 g/mol. The summed E-state index contributed by atoms with van der Waals surface area (Å²) in [6.07, 6.45) is 0. The molecule has 0 atom stereocenters. The van der Waals surface area contributed by atoms with Gasteiger partial charge in [0.05, 0.1) is 15.3 Å². The van der Waals surface area contributed by atoms with Crippen LogP contribution in [-0.2, 0) is 0 Å². The van der Waals surface area contributed by atoms with Crippen molar-refractivity contribution in [1.82, 2.24) is 0 Å². The average molecular weight is 439 g/mol. The molecule has 0 rings (SSSR count). The monoisotopic (exact) mass is 439 g/mol. The van der Waals surface area contributed by atoms with Crippen molar-refractivity contribution >= 4 is 0 Å². The van der Waals surface area contributed by atoms with Crippen molar-refractivity contribution < 1.29 is 88.5 Å². The minimum atomic E-state index is -1.75. The second kappa shape index (κ2) is 69.4. The predicted molar refractivity (Wildman–Crippen MR) is 52.8 cm³/mol. The van der Waals surface area contributed by atoms with Crippen LogP contribution in [0.1, 0.15) is 0 Å². The van der Waals surface area contributed by atoms with E-state index in [1.807, 2.05) is 0 Å². The molecule has 19 heteroatoms. The molecule has 0 aromatic heterocycles. The van der Waals surface area contributed by atoms with E-state index in [1.165, 1.54) is 0 Å². The Morgan fingerprint density at radius 1 is 0.421 bits per heavy atom. The van der Waals surface area contributed by atoms with Crippen LogP contribution in [0.15, 0.2) is 0 Å². The Bertz CT molecular complexity index is 115. The molecule has 0 aromatic rings. The van der Waals surface area contributed by atoms with E-state index < -0.39 is 15.3 Å². The molecule has 0 fully saturated rings. The van der Waals surface area contributed by atoms with Gasteiger partial charge in [-0.25, -0.2) is 0 Å². The summed E-state index contributed by atoms with van der Waals surface area (Å²) in [6, 6.07) is 0. The van der Waals surface area contributed by atoms with Gasteiger partial charge in [-0.3, -0.25) is 0 Å². The van der Waals surface area contributed by atoms with Crippen molar-refractivity contribution in [2.75, 3.05) is 0 Å². The van der Waals surface area contributed by atoms with Crippen LogP contribution in [0.2, 0.25) is 0 Å². The Kier molecular flexibility index (Phi) is 304. The molecule has 18 nitrogen and oxygen atoms in total. The van der Waals surface area contributed by atoms with Gasteiger partial charge in [-0.1, -0.05) is 0 Å². The van der Waals surface area contributed by atoms with Gasteiger partial charge >= 0.3 is 40.4 Å². The molecule has 0 heterocycles.